The van der Waals surface area contributed by atoms with Crippen molar-refractivity contribution >= 4 is 17.5 Å². The van der Waals surface area contributed by atoms with E-state index in [1.54, 1.807) is 0 Å². The predicted octanol–water partition coefficient (Wildman–Crippen LogP) is 1.93. The van der Waals surface area contributed by atoms with Crippen LogP contribution >= 0.6 is 11.6 Å². The highest BCUT2D eigenvalue weighted by Gasteiger charge is 2.32. The Balaban J connectivity index is 1.93. The van der Waals surface area contributed by atoms with E-state index in [0.717, 1.165) is 0 Å². The molecule has 1 aliphatic rings. The van der Waals surface area contributed by atoms with E-state index in [-0.39, 0.29) is 23.3 Å². The molecule has 19 heavy (non-hydrogen) atoms. The summed E-state index contributed by atoms with van der Waals surface area (Å²) in [6.07, 6.45) is -0.185. The highest BCUT2D eigenvalue weighted by molar-refractivity contribution is 6.33. The molecule has 1 amide bonds. The zero-order chi connectivity index (χ0) is 14.0. The smallest absolute Gasteiger partial charge is 0.253 e. The molecule has 104 valence electrons. The standard InChI is InChI=1S/C13H16ClNO4/c1-13(2)18-7-9(19-13)6-15-12(17)10-5-8(16)3-4-11(10)14/h3-5,9,16H,6-7H2,1-2H3,(H,15,17). The second kappa shape index (κ2) is 5.36. The van der Waals surface area contributed by atoms with Crippen molar-refractivity contribution in [3.63, 3.8) is 0 Å². The first kappa shape index (κ1) is 14.1. The van der Waals surface area contributed by atoms with Gasteiger partial charge >= 0.3 is 0 Å². The van der Waals surface area contributed by atoms with E-state index in [9.17, 15) is 9.90 Å². The van der Waals surface area contributed by atoms with Crippen molar-refractivity contribution in [1.29, 1.82) is 0 Å². The topological polar surface area (TPSA) is 67.8 Å². The van der Waals surface area contributed by atoms with E-state index in [4.69, 9.17) is 21.1 Å². The Morgan fingerprint density at radius 1 is 1.58 bits per heavy atom. The van der Waals surface area contributed by atoms with Gasteiger partial charge in [-0.3, -0.25) is 4.79 Å². The lowest BCUT2D eigenvalue weighted by Crippen LogP contribution is -2.34. The minimum Gasteiger partial charge on any atom is -0.508 e. The van der Waals surface area contributed by atoms with Gasteiger partial charge in [-0.15, -0.1) is 0 Å². The lowest BCUT2D eigenvalue weighted by Gasteiger charge is -2.17. The molecule has 0 aliphatic carbocycles. The number of ether oxygens (including phenoxy) is 2. The maximum atomic E-state index is 11.9. The van der Waals surface area contributed by atoms with Gasteiger partial charge in [0.15, 0.2) is 5.79 Å². The normalized spacial score (nSPS) is 21.3. The molecule has 5 nitrogen and oxygen atoms in total. The fourth-order valence-corrected chi connectivity index (χ4v) is 2.06. The minimum absolute atomic E-state index is 0.00358. The number of rotatable bonds is 3. The molecule has 1 aromatic rings. The van der Waals surface area contributed by atoms with Crippen molar-refractivity contribution < 1.29 is 19.4 Å². The van der Waals surface area contributed by atoms with Crippen LogP contribution in [0.15, 0.2) is 18.2 Å². The third kappa shape index (κ3) is 3.59. The number of carbonyl (C=O) groups is 1. The molecule has 1 fully saturated rings. The molecule has 6 heteroatoms. The van der Waals surface area contributed by atoms with Crippen LogP contribution in [0.25, 0.3) is 0 Å². The second-order valence-corrected chi connectivity index (χ2v) is 5.23. The molecule has 1 unspecified atom stereocenters. The number of aromatic hydroxyl groups is 1. The number of halogens is 1. The van der Waals surface area contributed by atoms with E-state index >= 15 is 0 Å². The van der Waals surface area contributed by atoms with Gasteiger partial charge in [0.05, 0.1) is 17.2 Å². The Bertz CT molecular complexity index is 490. The first-order chi connectivity index (χ1) is 8.87. The average Bonchev–Trinajstić information content (AvgIpc) is 2.69. The van der Waals surface area contributed by atoms with Crippen LogP contribution in [-0.2, 0) is 9.47 Å². The first-order valence-electron chi connectivity index (χ1n) is 5.96. The molecule has 0 saturated carbocycles. The summed E-state index contributed by atoms with van der Waals surface area (Å²) in [5, 5.41) is 12.3. The molecule has 0 spiro atoms. The molecule has 1 saturated heterocycles. The van der Waals surface area contributed by atoms with Gasteiger partial charge in [-0.2, -0.15) is 0 Å². The highest BCUT2D eigenvalue weighted by atomic mass is 35.5. The summed E-state index contributed by atoms with van der Waals surface area (Å²) < 4.78 is 11.0. The first-order valence-corrected chi connectivity index (χ1v) is 6.34. The molecule has 1 heterocycles. The monoisotopic (exact) mass is 285 g/mol. The van der Waals surface area contributed by atoms with E-state index in [0.29, 0.717) is 18.2 Å². The summed E-state index contributed by atoms with van der Waals surface area (Å²) in [6.45, 7) is 4.40. The molecule has 1 aliphatic heterocycles. The van der Waals surface area contributed by atoms with Crippen LogP contribution in [0, 0.1) is 0 Å². The third-order valence-corrected chi connectivity index (χ3v) is 3.08. The van der Waals surface area contributed by atoms with Gasteiger partial charge in [-0.25, -0.2) is 0 Å². The van der Waals surface area contributed by atoms with Crippen molar-refractivity contribution in [2.45, 2.75) is 25.7 Å². The van der Waals surface area contributed by atoms with Gasteiger partial charge in [0, 0.05) is 6.54 Å². The summed E-state index contributed by atoms with van der Waals surface area (Å²) >= 11 is 5.90. The number of nitrogens with one attached hydrogen (secondary N) is 1. The molecule has 0 radical (unpaired) electrons. The minimum atomic E-state index is -0.613. The van der Waals surface area contributed by atoms with Crippen LogP contribution in [-0.4, -0.2) is 36.1 Å². The van der Waals surface area contributed by atoms with Crippen molar-refractivity contribution in [2.24, 2.45) is 0 Å². The Kier molecular flexibility index (Phi) is 3.99. The number of phenols is 1. The lowest BCUT2D eigenvalue weighted by molar-refractivity contribution is -0.137. The van der Waals surface area contributed by atoms with Crippen LogP contribution in [0.4, 0.5) is 0 Å². The fraction of sp³-hybridized carbons (Fsp3) is 0.462. The summed E-state index contributed by atoms with van der Waals surface area (Å²) in [5.41, 5.74) is 0.236. The van der Waals surface area contributed by atoms with Gasteiger partial charge in [0.25, 0.3) is 5.91 Å². The second-order valence-electron chi connectivity index (χ2n) is 4.82. The third-order valence-electron chi connectivity index (χ3n) is 2.75. The molecule has 0 bridgehead atoms. The highest BCUT2D eigenvalue weighted by Crippen LogP contribution is 2.23. The molecule has 1 atom stereocenters. The zero-order valence-electron chi connectivity index (χ0n) is 10.8. The molecule has 2 N–H and O–H groups in total. The van der Waals surface area contributed by atoms with Crippen LogP contribution in [0.3, 0.4) is 0 Å². The van der Waals surface area contributed by atoms with Gasteiger partial charge in [0.1, 0.15) is 11.9 Å². The Labute approximate surface area is 116 Å². The van der Waals surface area contributed by atoms with E-state index < -0.39 is 5.79 Å². The van der Waals surface area contributed by atoms with Gasteiger partial charge < -0.3 is 19.9 Å². The van der Waals surface area contributed by atoms with Gasteiger partial charge in [0.2, 0.25) is 0 Å². The zero-order valence-corrected chi connectivity index (χ0v) is 11.5. The van der Waals surface area contributed by atoms with Gasteiger partial charge in [-0.05, 0) is 32.0 Å². The van der Waals surface area contributed by atoms with Crippen molar-refractivity contribution in [1.82, 2.24) is 5.32 Å². The van der Waals surface area contributed by atoms with Crippen LogP contribution in [0.5, 0.6) is 5.75 Å². The Morgan fingerprint density at radius 2 is 2.32 bits per heavy atom. The van der Waals surface area contributed by atoms with E-state index in [1.807, 2.05) is 13.8 Å². The number of amides is 1. The SMILES string of the molecule is CC1(C)OCC(CNC(=O)c2cc(O)ccc2Cl)O1. The largest absolute Gasteiger partial charge is 0.508 e. The average molecular weight is 286 g/mol. The number of hydrogen-bond donors (Lipinski definition) is 2. The molecule has 2 rings (SSSR count). The number of phenolic OH excluding ortho intramolecular Hbond substituents is 1. The van der Waals surface area contributed by atoms with Gasteiger partial charge in [-0.1, -0.05) is 11.6 Å². The Morgan fingerprint density at radius 3 is 2.95 bits per heavy atom. The molecule has 0 aromatic heterocycles. The molecule has 1 aromatic carbocycles. The maximum absolute atomic E-state index is 11.9. The Hall–Kier alpha value is -1.30. The predicted molar refractivity (Wildman–Crippen MR) is 70.4 cm³/mol. The van der Waals surface area contributed by atoms with Crippen LogP contribution in [0.1, 0.15) is 24.2 Å². The number of benzene rings is 1. The molecular formula is C13H16ClNO4. The lowest BCUT2D eigenvalue weighted by atomic mass is 10.2. The van der Waals surface area contributed by atoms with Crippen LogP contribution < -0.4 is 5.32 Å². The van der Waals surface area contributed by atoms with Crippen molar-refractivity contribution in [2.75, 3.05) is 13.2 Å². The van der Waals surface area contributed by atoms with Crippen molar-refractivity contribution in [3.05, 3.63) is 28.8 Å². The number of hydrogen-bond acceptors (Lipinski definition) is 4. The summed E-state index contributed by atoms with van der Waals surface area (Å²) in [7, 11) is 0. The summed E-state index contributed by atoms with van der Waals surface area (Å²) in [5.74, 6) is -0.969. The van der Waals surface area contributed by atoms with E-state index in [1.165, 1.54) is 18.2 Å². The van der Waals surface area contributed by atoms with Crippen molar-refractivity contribution in [3.8, 4) is 5.75 Å². The van der Waals surface area contributed by atoms with E-state index in [2.05, 4.69) is 5.32 Å². The number of carbonyl (C=O) groups excluding carboxylic acids is 1. The maximum Gasteiger partial charge on any atom is 0.253 e. The quantitative estimate of drug-likeness (QED) is 0.890. The summed E-state index contributed by atoms with van der Waals surface area (Å²) in [4.78, 5) is 11.9. The fourth-order valence-electron chi connectivity index (χ4n) is 1.85. The summed E-state index contributed by atoms with van der Waals surface area (Å²) in [6, 6.07) is 4.23. The van der Waals surface area contributed by atoms with Crippen LogP contribution in [0.2, 0.25) is 5.02 Å². The molecular weight excluding hydrogens is 270 g/mol.